The number of rotatable bonds is 7. The highest BCUT2D eigenvalue weighted by Crippen LogP contribution is 2.47. The molecular weight excluding hydrogens is 500 g/mol. The van der Waals surface area contributed by atoms with Gasteiger partial charge in [-0.15, -0.1) is 0 Å². The maximum absolute atomic E-state index is 13.1. The lowest BCUT2D eigenvalue weighted by Gasteiger charge is -2.32. The Morgan fingerprint density at radius 2 is 1.50 bits per heavy atom. The van der Waals surface area contributed by atoms with Crippen LogP contribution >= 0.6 is 11.8 Å². The molecule has 1 aromatic heterocycles. The molecule has 38 heavy (non-hydrogen) atoms. The summed E-state index contributed by atoms with van der Waals surface area (Å²) in [5.41, 5.74) is 3.13. The third-order valence-corrected chi connectivity index (χ3v) is 7.68. The monoisotopic (exact) mass is 528 g/mol. The van der Waals surface area contributed by atoms with E-state index >= 15 is 0 Å². The van der Waals surface area contributed by atoms with Gasteiger partial charge in [0.05, 0.1) is 29.2 Å². The minimum Gasteiger partial charge on any atom is -0.452 e. The number of hydrogen-bond acceptors (Lipinski definition) is 6. The molecule has 8 nitrogen and oxygen atoms in total. The van der Waals surface area contributed by atoms with E-state index in [-0.39, 0.29) is 17.7 Å². The number of carbonyl (C=O) groups is 2. The van der Waals surface area contributed by atoms with Crippen LogP contribution in [0, 0.1) is 6.92 Å². The third-order valence-electron chi connectivity index (χ3n) is 6.55. The second kappa shape index (κ2) is 10.6. The number of esters is 1. The topological polar surface area (TPSA) is 85.6 Å². The molecule has 0 aliphatic carbocycles. The number of para-hydroxylation sites is 3. The highest BCUT2D eigenvalue weighted by molar-refractivity contribution is 7.99. The number of benzene rings is 3. The smallest absolute Gasteiger partial charge is 0.308 e. The molecule has 1 aliphatic rings. The molecule has 194 valence electrons. The summed E-state index contributed by atoms with van der Waals surface area (Å²) in [7, 11) is 1.75. The zero-order valence-corrected chi connectivity index (χ0v) is 22.2. The van der Waals surface area contributed by atoms with Crippen LogP contribution in [0.1, 0.15) is 19.0 Å². The number of ether oxygens (including phenoxy) is 1. The zero-order valence-electron chi connectivity index (χ0n) is 21.4. The predicted octanol–water partition coefficient (Wildman–Crippen LogP) is 5.05. The van der Waals surface area contributed by atoms with Crippen molar-refractivity contribution in [2.45, 2.75) is 36.2 Å². The highest BCUT2D eigenvalue weighted by atomic mass is 32.2. The van der Waals surface area contributed by atoms with Gasteiger partial charge in [0, 0.05) is 23.4 Å². The molecule has 9 heteroatoms. The first-order valence-electron chi connectivity index (χ1n) is 12.3. The van der Waals surface area contributed by atoms with Crippen LogP contribution in [-0.2, 0) is 21.4 Å². The van der Waals surface area contributed by atoms with Crippen molar-refractivity contribution in [2.75, 3.05) is 16.8 Å². The molecule has 0 saturated heterocycles. The van der Waals surface area contributed by atoms with Crippen LogP contribution < -0.4 is 15.8 Å². The number of anilines is 3. The van der Waals surface area contributed by atoms with Crippen LogP contribution in [0.4, 0.5) is 17.1 Å². The second-order valence-electron chi connectivity index (χ2n) is 9.00. The van der Waals surface area contributed by atoms with Gasteiger partial charge < -0.3 is 15.0 Å². The summed E-state index contributed by atoms with van der Waals surface area (Å²) in [5.74, 6) is -1.05. The van der Waals surface area contributed by atoms with E-state index < -0.39 is 18.0 Å². The van der Waals surface area contributed by atoms with Crippen molar-refractivity contribution < 1.29 is 14.3 Å². The quantitative estimate of drug-likeness (QED) is 0.338. The molecule has 1 atom stereocenters. The third kappa shape index (κ3) is 4.84. The summed E-state index contributed by atoms with van der Waals surface area (Å²) in [6.07, 6.45) is -0.973. The molecule has 0 fully saturated rings. The number of aromatic nitrogens is 2. The lowest BCUT2D eigenvalue weighted by molar-refractivity contribution is -0.152. The highest BCUT2D eigenvalue weighted by Gasteiger charge is 2.26. The number of nitrogens with one attached hydrogen (secondary N) is 1. The Bertz CT molecular complexity index is 1520. The van der Waals surface area contributed by atoms with Crippen LogP contribution in [0.2, 0.25) is 0 Å². The minimum absolute atomic E-state index is 0.0934. The summed E-state index contributed by atoms with van der Waals surface area (Å²) in [5, 5.41) is 2.66. The molecule has 4 aromatic rings. The van der Waals surface area contributed by atoms with Crippen molar-refractivity contribution in [2.24, 2.45) is 7.05 Å². The van der Waals surface area contributed by atoms with Gasteiger partial charge in [0.25, 0.3) is 11.5 Å². The second-order valence-corrected chi connectivity index (χ2v) is 10.1. The first-order chi connectivity index (χ1) is 18.3. The molecule has 1 N–H and O–H groups in total. The Morgan fingerprint density at radius 3 is 2.13 bits per heavy atom. The SMILES string of the molecule is Cc1c(NC(=O)C(C)OC(=O)CCN2c3ccccc3Sc3ccccc32)c(=O)n(-c2ccccc2)n1C. The minimum atomic E-state index is -1.07. The first kappa shape index (κ1) is 25.4. The van der Waals surface area contributed by atoms with Gasteiger partial charge in [-0.1, -0.05) is 54.2 Å². The van der Waals surface area contributed by atoms with Crippen LogP contribution in [0.5, 0.6) is 0 Å². The van der Waals surface area contributed by atoms with Gasteiger partial charge in [-0.05, 0) is 50.2 Å². The maximum atomic E-state index is 13.1. The Balaban J connectivity index is 1.25. The van der Waals surface area contributed by atoms with Gasteiger partial charge >= 0.3 is 5.97 Å². The molecule has 1 unspecified atom stereocenters. The van der Waals surface area contributed by atoms with Gasteiger partial charge in [0.15, 0.2) is 6.10 Å². The molecule has 0 saturated carbocycles. The number of nitrogens with zero attached hydrogens (tertiary/aromatic N) is 3. The molecule has 5 rings (SSSR count). The van der Waals surface area contributed by atoms with E-state index in [9.17, 15) is 14.4 Å². The van der Waals surface area contributed by atoms with E-state index in [0.29, 0.717) is 17.9 Å². The van der Waals surface area contributed by atoms with Crippen molar-refractivity contribution >= 4 is 40.7 Å². The molecule has 1 aliphatic heterocycles. The Labute approximate surface area is 224 Å². The predicted molar refractivity (Wildman–Crippen MR) is 149 cm³/mol. The summed E-state index contributed by atoms with van der Waals surface area (Å²) in [6, 6.07) is 25.3. The van der Waals surface area contributed by atoms with Gasteiger partial charge in [-0.2, -0.15) is 0 Å². The Hall–Kier alpha value is -4.24. The number of amides is 1. The molecule has 2 heterocycles. The van der Waals surface area contributed by atoms with E-state index in [0.717, 1.165) is 21.2 Å². The number of carbonyl (C=O) groups excluding carboxylic acids is 2. The van der Waals surface area contributed by atoms with Crippen LogP contribution in [-0.4, -0.2) is 33.9 Å². The summed E-state index contributed by atoms with van der Waals surface area (Å²) < 4.78 is 8.61. The Morgan fingerprint density at radius 1 is 0.921 bits per heavy atom. The average Bonchev–Trinajstić information content (AvgIpc) is 3.14. The van der Waals surface area contributed by atoms with Crippen molar-refractivity contribution in [1.82, 2.24) is 9.36 Å². The van der Waals surface area contributed by atoms with Crippen molar-refractivity contribution in [3.05, 3.63) is 94.9 Å². The van der Waals surface area contributed by atoms with Crippen LogP contribution in [0.15, 0.2) is 93.4 Å². The molecule has 0 radical (unpaired) electrons. The largest absolute Gasteiger partial charge is 0.452 e. The summed E-state index contributed by atoms with van der Waals surface area (Å²) >= 11 is 1.70. The van der Waals surface area contributed by atoms with E-state index in [1.807, 2.05) is 66.7 Å². The molecule has 1 amide bonds. The fraction of sp³-hybridized carbons (Fsp3) is 0.207. The van der Waals surface area contributed by atoms with E-state index in [1.165, 1.54) is 11.6 Å². The number of fused-ring (bicyclic) bond motifs is 2. The van der Waals surface area contributed by atoms with Crippen molar-refractivity contribution in [3.63, 3.8) is 0 Å². The average molecular weight is 529 g/mol. The maximum Gasteiger partial charge on any atom is 0.308 e. The van der Waals surface area contributed by atoms with E-state index in [1.54, 1.807) is 30.4 Å². The van der Waals surface area contributed by atoms with Gasteiger partial charge in [0.1, 0.15) is 5.69 Å². The van der Waals surface area contributed by atoms with Crippen molar-refractivity contribution in [1.29, 1.82) is 0 Å². The van der Waals surface area contributed by atoms with Crippen LogP contribution in [0.3, 0.4) is 0 Å². The molecule has 0 spiro atoms. The lowest BCUT2D eigenvalue weighted by Crippen LogP contribution is -2.33. The molecule has 0 bridgehead atoms. The summed E-state index contributed by atoms with van der Waals surface area (Å²) in [6.45, 7) is 3.66. The van der Waals surface area contributed by atoms with E-state index in [4.69, 9.17) is 4.74 Å². The standard InChI is InChI=1S/C29H28N4O4S/c1-19-27(29(36)33(31(19)3)21-11-5-4-6-12-21)30-28(35)20(2)37-26(34)17-18-32-22-13-7-9-15-24(22)38-25-16-10-8-14-23(25)32/h4-16,20H,17-18H2,1-3H3,(H,30,35). The molecular formula is C29H28N4O4S. The normalized spacial score (nSPS) is 12.9. The van der Waals surface area contributed by atoms with E-state index in [2.05, 4.69) is 22.3 Å². The molecule has 3 aromatic carbocycles. The zero-order chi connectivity index (χ0) is 26.8. The fourth-order valence-electron chi connectivity index (χ4n) is 4.47. The summed E-state index contributed by atoms with van der Waals surface area (Å²) in [4.78, 5) is 43.1. The first-order valence-corrected chi connectivity index (χ1v) is 13.1. The van der Waals surface area contributed by atoms with Crippen molar-refractivity contribution in [3.8, 4) is 5.69 Å². The lowest BCUT2D eigenvalue weighted by atomic mass is 10.2. The number of hydrogen-bond donors (Lipinski definition) is 1. The van der Waals surface area contributed by atoms with Gasteiger partial charge in [0.2, 0.25) is 0 Å². The van der Waals surface area contributed by atoms with Gasteiger partial charge in [-0.3, -0.25) is 19.1 Å². The Kier molecular flexibility index (Phi) is 7.11. The van der Waals surface area contributed by atoms with Crippen LogP contribution in [0.25, 0.3) is 5.69 Å². The van der Waals surface area contributed by atoms with Gasteiger partial charge in [-0.25, -0.2) is 4.68 Å². The fourth-order valence-corrected chi connectivity index (χ4v) is 5.57.